The van der Waals surface area contributed by atoms with Crippen LogP contribution in [0.15, 0.2) is 87.5 Å². The molecule has 0 saturated carbocycles. The highest BCUT2D eigenvalue weighted by molar-refractivity contribution is 7.99. The van der Waals surface area contributed by atoms with Gasteiger partial charge in [-0.3, -0.25) is 4.79 Å². The van der Waals surface area contributed by atoms with Crippen molar-refractivity contribution in [3.05, 3.63) is 89.5 Å². The Morgan fingerprint density at radius 3 is 0.900 bits per heavy atom. The number of hydrogen-bond donors (Lipinski definition) is 1. The molecule has 0 aliphatic rings. The van der Waals surface area contributed by atoms with Gasteiger partial charge in [0, 0.05) is 14.7 Å². The van der Waals surface area contributed by atoms with Gasteiger partial charge in [0.15, 0.2) is 0 Å². The molecule has 0 atom stereocenters. The normalized spacial score (nSPS) is 12.9. The number of thioether (sulfide) groups is 3. The van der Waals surface area contributed by atoms with Crippen molar-refractivity contribution in [2.24, 2.45) is 5.73 Å². The highest BCUT2D eigenvalue weighted by Gasteiger charge is 2.42. The molecule has 2 N–H and O–H groups in total. The number of amides is 1. The van der Waals surface area contributed by atoms with Crippen molar-refractivity contribution >= 4 is 41.2 Å². The highest BCUT2D eigenvalue weighted by Crippen LogP contribution is 2.42. The number of benzene rings is 3. The lowest BCUT2D eigenvalue weighted by Gasteiger charge is -2.33. The second kappa shape index (κ2) is 12.6. The van der Waals surface area contributed by atoms with E-state index in [0.717, 1.165) is 0 Å². The average molecular weight is 630 g/mol. The first-order chi connectivity index (χ1) is 18.5. The maximum Gasteiger partial charge on any atom is 0.398 e. The number of rotatable bonds is 10. The minimum atomic E-state index is -4.40. The van der Waals surface area contributed by atoms with Crippen molar-refractivity contribution in [1.29, 1.82) is 0 Å². The van der Waals surface area contributed by atoms with Crippen molar-refractivity contribution in [3.8, 4) is 0 Å². The fourth-order valence-electron chi connectivity index (χ4n) is 3.83. The van der Waals surface area contributed by atoms with Crippen LogP contribution in [-0.4, -0.2) is 41.7 Å². The summed E-state index contributed by atoms with van der Waals surface area (Å²) >= 11 is 1.60. The van der Waals surface area contributed by atoms with Crippen molar-refractivity contribution in [2.45, 2.75) is 38.6 Å². The lowest BCUT2D eigenvalue weighted by Crippen LogP contribution is -2.43. The Morgan fingerprint density at radius 1 is 0.500 bits per heavy atom. The molecule has 0 aliphatic heterocycles. The first kappa shape index (κ1) is 32.1. The molecule has 0 fully saturated rings. The first-order valence-electron chi connectivity index (χ1n) is 11.2. The van der Waals surface area contributed by atoms with E-state index < -0.39 is 47.1 Å². The molecule has 14 heteroatoms. The molecular weight excluding hydrogens is 609 g/mol. The molecule has 2 nitrogen and oxygen atoms in total. The maximum atomic E-state index is 13.2. The van der Waals surface area contributed by atoms with Gasteiger partial charge in [-0.15, -0.1) is 35.3 Å². The monoisotopic (exact) mass is 629 g/mol. The predicted octanol–water partition coefficient (Wildman–Crippen LogP) is 8.47. The van der Waals surface area contributed by atoms with Gasteiger partial charge < -0.3 is 5.73 Å². The van der Waals surface area contributed by atoms with Crippen molar-refractivity contribution < 1.29 is 44.3 Å². The molecule has 1 amide bonds. The van der Waals surface area contributed by atoms with Crippen LogP contribution in [0, 0.1) is 0 Å². The van der Waals surface area contributed by atoms with Crippen molar-refractivity contribution in [2.75, 3.05) is 17.3 Å². The van der Waals surface area contributed by atoms with Crippen LogP contribution in [0.1, 0.15) is 16.7 Å². The van der Waals surface area contributed by atoms with Gasteiger partial charge in [0.05, 0.1) is 17.3 Å². The van der Waals surface area contributed by atoms with E-state index in [9.17, 15) is 44.3 Å². The summed E-state index contributed by atoms with van der Waals surface area (Å²) in [5.74, 6) is -4.32. The van der Waals surface area contributed by atoms with Gasteiger partial charge in [0.1, 0.15) is 5.41 Å². The van der Waals surface area contributed by atoms with Crippen LogP contribution in [0.3, 0.4) is 0 Å². The van der Waals surface area contributed by atoms with Gasteiger partial charge in [-0.05, 0) is 53.1 Å². The van der Waals surface area contributed by atoms with Gasteiger partial charge in [0.2, 0.25) is 5.91 Å². The molecule has 0 heterocycles. The lowest BCUT2D eigenvalue weighted by atomic mass is 9.69. The molecule has 3 aromatic carbocycles. The number of carbonyl (C=O) groups is 1. The van der Waals surface area contributed by atoms with E-state index in [2.05, 4.69) is 0 Å². The zero-order valence-corrected chi connectivity index (χ0v) is 22.6. The number of primary amides is 1. The summed E-state index contributed by atoms with van der Waals surface area (Å²) in [5, 5.41) is 0. The van der Waals surface area contributed by atoms with Crippen LogP contribution >= 0.6 is 35.3 Å². The Balaban J connectivity index is 2.07. The fourth-order valence-corrected chi connectivity index (χ4v) is 5.80. The molecule has 3 rings (SSSR count). The second-order valence-corrected chi connectivity index (χ2v) is 11.5. The molecule has 0 spiro atoms. The zero-order chi connectivity index (χ0) is 29.8. The third-order valence-electron chi connectivity index (χ3n) is 5.44. The van der Waals surface area contributed by atoms with E-state index >= 15 is 0 Å². The Kier molecular flexibility index (Phi) is 10.1. The van der Waals surface area contributed by atoms with Crippen molar-refractivity contribution in [1.82, 2.24) is 0 Å². The second-order valence-electron chi connectivity index (χ2n) is 8.40. The van der Waals surface area contributed by atoms with Crippen LogP contribution in [0.4, 0.5) is 39.5 Å². The molecule has 0 bridgehead atoms. The average Bonchev–Trinajstić information content (AvgIpc) is 2.86. The molecule has 0 aromatic heterocycles. The van der Waals surface area contributed by atoms with E-state index in [-0.39, 0.29) is 31.4 Å². The maximum absolute atomic E-state index is 13.2. The zero-order valence-electron chi connectivity index (χ0n) is 20.2. The molecule has 3 aromatic rings. The molecule has 216 valence electrons. The molecule has 0 radical (unpaired) electrons. The van der Waals surface area contributed by atoms with Gasteiger partial charge in [-0.2, -0.15) is 39.5 Å². The van der Waals surface area contributed by atoms with Gasteiger partial charge >= 0.3 is 18.5 Å². The minimum Gasteiger partial charge on any atom is -0.368 e. The quantitative estimate of drug-likeness (QED) is 0.139. The van der Waals surface area contributed by atoms with Crippen LogP contribution in [0.25, 0.3) is 0 Å². The lowest BCUT2D eigenvalue weighted by molar-refractivity contribution is -0.121. The summed E-state index contributed by atoms with van der Waals surface area (Å²) in [6.07, 6.45) is -13.2. The van der Waals surface area contributed by atoms with E-state index in [1.807, 2.05) is 0 Å². The smallest absolute Gasteiger partial charge is 0.368 e. The SMILES string of the molecule is NC(=O)C(c1ccc(SCC(F)(F)F)cc1)(c1ccc(SCC(F)(F)F)cc1)c1ccc(SCC(F)(F)F)cc1. The third kappa shape index (κ3) is 8.77. The van der Waals surface area contributed by atoms with Crippen LogP contribution in [-0.2, 0) is 10.2 Å². The summed E-state index contributed by atoms with van der Waals surface area (Å²) < 4.78 is 114. The van der Waals surface area contributed by atoms with Gasteiger partial charge in [-0.1, -0.05) is 36.4 Å². The summed E-state index contributed by atoms with van der Waals surface area (Å²) in [7, 11) is 0. The molecule has 0 saturated heterocycles. The van der Waals surface area contributed by atoms with Crippen molar-refractivity contribution in [3.63, 3.8) is 0 Å². The Morgan fingerprint density at radius 2 is 0.725 bits per heavy atom. The predicted molar refractivity (Wildman–Crippen MR) is 139 cm³/mol. The molecular formula is C26H20F9NOS3. The van der Waals surface area contributed by atoms with E-state index in [4.69, 9.17) is 5.73 Å². The molecule has 0 unspecified atom stereocenters. The van der Waals surface area contributed by atoms with E-state index in [0.29, 0.717) is 35.3 Å². The third-order valence-corrected chi connectivity index (χ3v) is 8.67. The summed E-state index contributed by atoms with van der Waals surface area (Å²) in [5.41, 5.74) is 4.93. The minimum absolute atomic E-state index is 0.253. The fraction of sp³-hybridized carbons (Fsp3) is 0.269. The molecule has 40 heavy (non-hydrogen) atoms. The number of carbonyl (C=O) groups excluding carboxylic acids is 1. The van der Waals surface area contributed by atoms with Crippen LogP contribution < -0.4 is 5.73 Å². The number of nitrogens with two attached hydrogens (primary N) is 1. The topological polar surface area (TPSA) is 43.1 Å². The van der Waals surface area contributed by atoms with Crippen LogP contribution in [0.2, 0.25) is 0 Å². The van der Waals surface area contributed by atoms with E-state index in [1.54, 1.807) is 0 Å². The number of hydrogen-bond acceptors (Lipinski definition) is 4. The Labute approximate surface area is 236 Å². The summed E-state index contributed by atoms with van der Waals surface area (Å²) in [4.78, 5) is 14.0. The highest BCUT2D eigenvalue weighted by atomic mass is 32.2. The number of alkyl halides is 9. The van der Waals surface area contributed by atoms with E-state index in [1.165, 1.54) is 72.8 Å². The number of halogens is 9. The molecule has 0 aliphatic carbocycles. The van der Waals surface area contributed by atoms with Gasteiger partial charge in [-0.25, -0.2) is 0 Å². The Bertz CT molecular complexity index is 1120. The largest absolute Gasteiger partial charge is 0.398 e. The summed E-state index contributed by atoms with van der Waals surface area (Å²) in [6, 6.07) is 16.8. The standard InChI is InChI=1S/C26H20F9NOS3/c27-23(28,29)13-38-19-7-1-16(2-8-19)26(22(36)37,17-3-9-20(10-4-17)39-14-24(30,31)32)18-5-11-21(12-6-18)40-15-25(33,34)35/h1-12H,13-15H2,(H2,36,37). The van der Waals surface area contributed by atoms with Crippen LogP contribution in [0.5, 0.6) is 0 Å². The summed E-state index contributed by atoms with van der Waals surface area (Å²) in [6.45, 7) is 0. The Hall–Kier alpha value is -2.45. The van der Waals surface area contributed by atoms with Gasteiger partial charge in [0.25, 0.3) is 0 Å². The first-order valence-corrected chi connectivity index (χ1v) is 14.2.